The molecule has 7 heteroatoms. The molecule has 0 radical (unpaired) electrons. The molecular weight excluding hydrogens is 456 g/mol. The van der Waals surface area contributed by atoms with Gasteiger partial charge in [0.05, 0.1) is 6.26 Å². The molecule has 0 bridgehead atoms. The number of piperazine rings is 1. The molecule has 0 aromatic carbocycles. The first kappa shape index (κ1) is 23.8. The third-order valence-electron chi connectivity index (χ3n) is 10.7. The summed E-state index contributed by atoms with van der Waals surface area (Å²) in [6, 6.07) is 3.52. The van der Waals surface area contributed by atoms with Crippen molar-refractivity contribution in [2.45, 2.75) is 77.2 Å². The van der Waals surface area contributed by atoms with Gasteiger partial charge in [0.2, 0.25) is 5.91 Å². The van der Waals surface area contributed by atoms with Crippen LogP contribution in [-0.4, -0.2) is 42.6 Å². The first-order valence-corrected chi connectivity index (χ1v) is 13.8. The molecule has 2 heterocycles. The fourth-order valence-corrected chi connectivity index (χ4v) is 8.74. The highest BCUT2D eigenvalue weighted by Crippen LogP contribution is 2.67. The van der Waals surface area contributed by atoms with Crippen LogP contribution in [0.15, 0.2) is 39.3 Å². The van der Waals surface area contributed by atoms with Gasteiger partial charge in [-0.3, -0.25) is 9.69 Å². The van der Waals surface area contributed by atoms with Gasteiger partial charge in [0.15, 0.2) is 0 Å². The predicted molar refractivity (Wildman–Crippen MR) is 134 cm³/mol. The van der Waals surface area contributed by atoms with Crippen molar-refractivity contribution in [2.24, 2.45) is 28.6 Å². The van der Waals surface area contributed by atoms with Crippen molar-refractivity contribution in [2.75, 3.05) is 19.6 Å². The number of amides is 2. The Balaban J connectivity index is 1.14. The number of ether oxygens (including phenoxy) is 1. The van der Waals surface area contributed by atoms with Crippen LogP contribution in [0.4, 0.5) is 4.79 Å². The Kier molecular flexibility index (Phi) is 5.80. The molecule has 1 aromatic heterocycles. The number of allylic oxidation sites excluding steroid dienone is 2. The third-order valence-corrected chi connectivity index (χ3v) is 10.7. The molecule has 7 atom stereocenters. The zero-order valence-corrected chi connectivity index (χ0v) is 21.5. The maximum Gasteiger partial charge on any atom is 0.410 e. The summed E-state index contributed by atoms with van der Waals surface area (Å²) in [5.41, 5.74) is 2.92. The normalized spacial score (nSPS) is 39.8. The average Bonchev–Trinajstić information content (AvgIpc) is 3.22. The summed E-state index contributed by atoms with van der Waals surface area (Å²) in [7, 11) is 0. The first-order chi connectivity index (χ1) is 17.3. The van der Waals surface area contributed by atoms with Crippen LogP contribution in [0.1, 0.15) is 76.7 Å². The Labute approximate surface area is 212 Å². The molecule has 5 aliphatic rings. The summed E-state index contributed by atoms with van der Waals surface area (Å²) in [4.78, 5) is 37.4. The Hall–Kier alpha value is -2.57. The highest BCUT2D eigenvalue weighted by atomic mass is 16.6. The molecule has 6 rings (SSSR count). The lowest BCUT2D eigenvalue weighted by Crippen LogP contribution is -2.53. The molecular formula is C29H38N2O5. The summed E-state index contributed by atoms with van der Waals surface area (Å²) in [6.07, 6.45) is 12.5. The van der Waals surface area contributed by atoms with Gasteiger partial charge in [0.25, 0.3) is 0 Å². The van der Waals surface area contributed by atoms with Crippen LogP contribution in [0.25, 0.3) is 0 Å². The average molecular weight is 495 g/mol. The van der Waals surface area contributed by atoms with E-state index in [1.807, 2.05) is 6.07 Å². The minimum absolute atomic E-state index is 0.0474. The highest BCUT2D eigenvalue weighted by Gasteiger charge is 2.58. The molecule has 194 valence electrons. The Morgan fingerprint density at radius 2 is 2.00 bits per heavy atom. The van der Waals surface area contributed by atoms with Crippen LogP contribution in [0.5, 0.6) is 0 Å². The molecule has 7 unspecified atom stereocenters. The molecule has 4 fully saturated rings. The van der Waals surface area contributed by atoms with E-state index in [4.69, 9.17) is 9.15 Å². The summed E-state index contributed by atoms with van der Waals surface area (Å²) < 4.78 is 11.2. The minimum atomic E-state index is -0.334. The molecule has 36 heavy (non-hydrogen) atoms. The molecule has 0 spiro atoms. The lowest BCUT2D eigenvalue weighted by molar-refractivity contribution is -0.124. The van der Waals surface area contributed by atoms with Crippen molar-refractivity contribution in [3.8, 4) is 0 Å². The molecule has 3 saturated carbocycles. The van der Waals surface area contributed by atoms with Gasteiger partial charge in [-0.15, -0.1) is 0 Å². The quantitative estimate of drug-likeness (QED) is 0.606. The van der Waals surface area contributed by atoms with E-state index < -0.39 is 0 Å². The fourth-order valence-electron chi connectivity index (χ4n) is 8.74. The lowest BCUT2D eigenvalue weighted by atomic mass is 9.46. The summed E-state index contributed by atoms with van der Waals surface area (Å²) in [5, 5.41) is 2.76. The smallest absolute Gasteiger partial charge is 0.410 e. The summed E-state index contributed by atoms with van der Waals surface area (Å²) in [5.74, 6) is 2.13. The zero-order chi connectivity index (χ0) is 25.1. The highest BCUT2D eigenvalue weighted by molar-refractivity contribution is 5.83. The number of hydrogen-bond acceptors (Lipinski definition) is 5. The van der Waals surface area contributed by atoms with Crippen molar-refractivity contribution < 1.29 is 18.7 Å². The van der Waals surface area contributed by atoms with Gasteiger partial charge in [0, 0.05) is 19.2 Å². The molecule has 7 nitrogen and oxygen atoms in total. The molecule has 1 saturated heterocycles. The molecule has 1 N–H and O–H groups in total. The lowest BCUT2D eigenvalue weighted by Gasteiger charge is -2.59. The van der Waals surface area contributed by atoms with Crippen LogP contribution < -0.4 is 10.9 Å². The zero-order valence-electron chi connectivity index (χ0n) is 21.5. The number of rotatable bonds is 2. The van der Waals surface area contributed by atoms with E-state index in [-0.39, 0.29) is 41.1 Å². The Bertz CT molecular complexity index is 1120. The second kappa shape index (κ2) is 8.77. The van der Waals surface area contributed by atoms with E-state index in [1.165, 1.54) is 30.6 Å². The number of hydrogen-bond donors (Lipinski definition) is 1. The molecule has 2 amide bonds. The fraction of sp³-hybridized carbons (Fsp3) is 0.690. The van der Waals surface area contributed by atoms with Crippen LogP contribution in [0, 0.1) is 28.6 Å². The van der Waals surface area contributed by atoms with Crippen molar-refractivity contribution in [1.82, 2.24) is 10.2 Å². The molecule has 1 aromatic rings. The van der Waals surface area contributed by atoms with Crippen LogP contribution in [0.2, 0.25) is 0 Å². The van der Waals surface area contributed by atoms with Crippen LogP contribution in [-0.2, 0) is 9.53 Å². The standard InChI is InChI=1S/C29H38N2O5/c1-28-11-9-20(36-27(34)31-14-13-30-25(32)16-31)15-19(28)4-5-21-23-7-6-22(18-3-8-26(33)35-17-18)29(23,2)12-10-24(21)28/h3,7-8,17,19-22,24H,4-6,9-16H2,1-2H3,(H,30,32). The van der Waals surface area contributed by atoms with Crippen molar-refractivity contribution in [3.63, 3.8) is 0 Å². The maximum absolute atomic E-state index is 12.7. The summed E-state index contributed by atoms with van der Waals surface area (Å²) in [6.45, 7) is 6.05. The second-order valence-electron chi connectivity index (χ2n) is 12.3. The number of fused-ring (bicyclic) bond motifs is 5. The SMILES string of the molecule is CC12CCC3C(CCC4CC(OC(=O)N5CCNC(=O)C5)CCC43C)C1=CCC2c1ccc(=O)oc1. The Morgan fingerprint density at radius 3 is 2.78 bits per heavy atom. The number of carbonyl (C=O) groups is 2. The Morgan fingerprint density at radius 1 is 1.14 bits per heavy atom. The van der Waals surface area contributed by atoms with E-state index >= 15 is 0 Å². The van der Waals surface area contributed by atoms with Gasteiger partial charge < -0.3 is 14.5 Å². The van der Waals surface area contributed by atoms with Crippen molar-refractivity contribution >= 4 is 12.0 Å². The number of nitrogens with zero attached hydrogens (tertiary/aromatic N) is 1. The van der Waals surface area contributed by atoms with Gasteiger partial charge in [-0.2, -0.15) is 0 Å². The van der Waals surface area contributed by atoms with Gasteiger partial charge in [-0.25, -0.2) is 9.59 Å². The molecule has 4 aliphatic carbocycles. The predicted octanol–water partition coefficient (Wildman–Crippen LogP) is 4.62. The van der Waals surface area contributed by atoms with E-state index in [9.17, 15) is 14.4 Å². The topological polar surface area (TPSA) is 88.9 Å². The van der Waals surface area contributed by atoms with E-state index in [0.29, 0.717) is 36.8 Å². The number of nitrogens with one attached hydrogen (secondary N) is 1. The second-order valence-corrected chi connectivity index (χ2v) is 12.3. The van der Waals surface area contributed by atoms with E-state index in [0.717, 1.165) is 31.2 Å². The van der Waals surface area contributed by atoms with Gasteiger partial charge in [-0.05, 0) is 97.5 Å². The van der Waals surface area contributed by atoms with Gasteiger partial charge in [-0.1, -0.05) is 25.5 Å². The monoisotopic (exact) mass is 494 g/mol. The molecule has 1 aliphatic heterocycles. The van der Waals surface area contributed by atoms with Crippen molar-refractivity contribution in [3.05, 3.63) is 46.0 Å². The first-order valence-electron chi connectivity index (χ1n) is 13.8. The van der Waals surface area contributed by atoms with E-state index in [2.05, 4.69) is 25.2 Å². The van der Waals surface area contributed by atoms with Crippen LogP contribution >= 0.6 is 0 Å². The summed E-state index contributed by atoms with van der Waals surface area (Å²) >= 11 is 0. The maximum atomic E-state index is 12.7. The van der Waals surface area contributed by atoms with Gasteiger partial charge in [0.1, 0.15) is 12.6 Å². The third kappa shape index (κ3) is 3.81. The minimum Gasteiger partial charge on any atom is -0.446 e. The van der Waals surface area contributed by atoms with Crippen molar-refractivity contribution in [1.29, 1.82) is 0 Å². The van der Waals surface area contributed by atoms with E-state index in [1.54, 1.807) is 17.9 Å². The van der Waals surface area contributed by atoms with Gasteiger partial charge >= 0.3 is 11.7 Å². The van der Waals surface area contributed by atoms with Crippen LogP contribution in [0.3, 0.4) is 0 Å². The largest absolute Gasteiger partial charge is 0.446 e. The number of carbonyl (C=O) groups excluding carboxylic acids is 2.